The first-order chi connectivity index (χ1) is 14.5. The largest absolute Gasteiger partial charge is 0.497 e. The molecule has 0 aliphatic carbocycles. The second-order valence-electron chi connectivity index (χ2n) is 7.49. The number of amides is 1. The van der Waals surface area contributed by atoms with Gasteiger partial charge in [0.25, 0.3) is 5.91 Å². The third-order valence-electron chi connectivity index (χ3n) is 5.43. The molecule has 0 N–H and O–H groups in total. The van der Waals surface area contributed by atoms with E-state index >= 15 is 0 Å². The summed E-state index contributed by atoms with van der Waals surface area (Å²) < 4.78 is 7.02. The van der Waals surface area contributed by atoms with Crippen LogP contribution in [0.1, 0.15) is 21.7 Å². The first kappa shape index (κ1) is 20.3. The zero-order valence-electron chi connectivity index (χ0n) is 17.4. The number of rotatable bonds is 4. The second kappa shape index (κ2) is 8.40. The Hall–Kier alpha value is -2.99. The van der Waals surface area contributed by atoms with Gasteiger partial charge in [-0.05, 0) is 49.7 Å². The van der Waals surface area contributed by atoms with E-state index in [1.165, 1.54) is 5.56 Å². The molecule has 0 spiro atoms. The lowest BCUT2D eigenvalue weighted by Gasteiger charge is -2.36. The minimum Gasteiger partial charge on any atom is -0.497 e. The fourth-order valence-electron chi connectivity index (χ4n) is 3.83. The first-order valence-electron chi connectivity index (χ1n) is 9.98. The Labute approximate surface area is 181 Å². The lowest BCUT2D eigenvalue weighted by molar-refractivity contribution is 0.0737. The summed E-state index contributed by atoms with van der Waals surface area (Å²) in [5, 5.41) is 5.27. The van der Waals surface area contributed by atoms with Gasteiger partial charge in [-0.3, -0.25) is 4.79 Å². The molecule has 0 radical (unpaired) electrons. The van der Waals surface area contributed by atoms with Crippen LogP contribution < -0.4 is 9.64 Å². The number of ether oxygens (including phenoxy) is 1. The summed E-state index contributed by atoms with van der Waals surface area (Å²) in [4.78, 5) is 17.5. The molecule has 6 nitrogen and oxygen atoms in total. The number of methoxy groups -OCH3 is 1. The number of halogens is 1. The van der Waals surface area contributed by atoms with Crippen molar-refractivity contribution in [3.05, 3.63) is 70.5 Å². The summed E-state index contributed by atoms with van der Waals surface area (Å²) in [5.74, 6) is 0.713. The van der Waals surface area contributed by atoms with Crippen LogP contribution in [0.5, 0.6) is 5.75 Å². The molecule has 2 heterocycles. The molecular formula is C23H25ClN4O2. The summed E-state index contributed by atoms with van der Waals surface area (Å²) in [6, 6.07) is 15.3. The molecule has 1 fully saturated rings. The van der Waals surface area contributed by atoms with Gasteiger partial charge in [0.15, 0.2) is 0 Å². The van der Waals surface area contributed by atoms with Crippen LogP contribution in [0.3, 0.4) is 0 Å². The average Bonchev–Trinajstić information content (AvgIpc) is 3.17. The predicted molar refractivity (Wildman–Crippen MR) is 119 cm³/mol. The highest BCUT2D eigenvalue weighted by atomic mass is 35.5. The van der Waals surface area contributed by atoms with Crippen LogP contribution in [-0.4, -0.2) is 53.9 Å². The Morgan fingerprint density at radius 3 is 2.53 bits per heavy atom. The minimum atomic E-state index is -0.0131. The van der Waals surface area contributed by atoms with Crippen LogP contribution in [0.25, 0.3) is 5.69 Å². The van der Waals surface area contributed by atoms with Crippen LogP contribution >= 0.6 is 11.6 Å². The van der Waals surface area contributed by atoms with E-state index in [2.05, 4.69) is 16.9 Å². The normalized spacial score (nSPS) is 14.1. The number of anilines is 1. The molecule has 4 rings (SSSR count). The smallest absolute Gasteiger partial charge is 0.272 e. The number of benzene rings is 2. The van der Waals surface area contributed by atoms with Crippen molar-refractivity contribution in [2.45, 2.75) is 13.8 Å². The third kappa shape index (κ3) is 4.00. The maximum Gasteiger partial charge on any atom is 0.272 e. The molecule has 1 aliphatic heterocycles. The van der Waals surface area contributed by atoms with E-state index in [0.29, 0.717) is 18.8 Å². The van der Waals surface area contributed by atoms with Crippen molar-refractivity contribution in [2.75, 3.05) is 38.2 Å². The number of carbonyl (C=O) groups is 1. The van der Waals surface area contributed by atoms with Gasteiger partial charge in [-0.2, -0.15) is 5.10 Å². The molecule has 0 bridgehead atoms. The molecule has 1 amide bonds. The molecule has 7 heteroatoms. The molecule has 156 valence electrons. The lowest BCUT2D eigenvalue weighted by atomic mass is 10.1. The van der Waals surface area contributed by atoms with Gasteiger partial charge in [-0.25, -0.2) is 4.68 Å². The molecular weight excluding hydrogens is 400 g/mol. The maximum absolute atomic E-state index is 13.3. The SMILES string of the molecule is COc1cccc(-n2nc(C)cc2C(=O)N2CCN(c3cc(Cl)ccc3C)CC2)c1. The van der Waals surface area contributed by atoms with E-state index in [4.69, 9.17) is 16.3 Å². The van der Waals surface area contributed by atoms with Crippen LogP contribution in [0.4, 0.5) is 5.69 Å². The zero-order chi connectivity index (χ0) is 21.3. The predicted octanol–water partition coefficient (Wildman–Crippen LogP) is 4.11. The van der Waals surface area contributed by atoms with Gasteiger partial charge < -0.3 is 14.5 Å². The fraction of sp³-hybridized carbons (Fsp3) is 0.304. The van der Waals surface area contributed by atoms with Gasteiger partial charge in [-0.1, -0.05) is 23.7 Å². The summed E-state index contributed by atoms with van der Waals surface area (Å²) >= 11 is 6.18. The Morgan fingerprint density at radius 2 is 1.80 bits per heavy atom. The first-order valence-corrected chi connectivity index (χ1v) is 10.4. The number of piperazine rings is 1. The van der Waals surface area contributed by atoms with Crippen molar-refractivity contribution in [1.29, 1.82) is 0 Å². The van der Waals surface area contributed by atoms with Crippen LogP contribution in [0.15, 0.2) is 48.5 Å². The van der Waals surface area contributed by atoms with Gasteiger partial charge in [0, 0.05) is 43.0 Å². The Kier molecular flexibility index (Phi) is 5.68. The van der Waals surface area contributed by atoms with Gasteiger partial charge >= 0.3 is 0 Å². The topological polar surface area (TPSA) is 50.6 Å². The highest BCUT2D eigenvalue weighted by Gasteiger charge is 2.26. The van der Waals surface area contributed by atoms with E-state index in [1.807, 2.05) is 60.4 Å². The maximum atomic E-state index is 13.3. The van der Waals surface area contributed by atoms with Crippen molar-refractivity contribution >= 4 is 23.2 Å². The van der Waals surface area contributed by atoms with E-state index < -0.39 is 0 Å². The van der Waals surface area contributed by atoms with Gasteiger partial charge in [-0.15, -0.1) is 0 Å². The standard InChI is InChI=1S/C23H25ClN4O2/c1-16-7-8-18(24)14-21(16)26-9-11-27(12-10-26)23(29)22-13-17(2)25-28(22)19-5-4-6-20(15-19)30-3/h4-8,13-15H,9-12H2,1-3H3. The van der Waals surface area contributed by atoms with Crippen molar-refractivity contribution in [2.24, 2.45) is 0 Å². The van der Waals surface area contributed by atoms with Crippen LogP contribution in [0, 0.1) is 13.8 Å². The number of aryl methyl sites for hydroxylation is 2. The Bertz CT molecular complexity index is 1070. The average molecular weight is 425 g/mol. The number of nitrogens with zero attached hydrogens (tertiary/aromatic N) is 4. The number of aromatic nitrogens is 2. The Balaban J connectivity index is 1.53. The van der Waals surface area contributed by atoms with Gasteiger partial charge in [0.1, 0.15) is 11.4 Å². The Morgan fingerprint density at radius 1 is 1.03 bits per heavy atom. The molecule has 0 saturated carbocycles. The van der Waals surface area contributed by atoms with E-state index in [9.17, 15) is 4.79 Å². The summed E-state index contributed by atoms with van der Waals surface area (Å²) in [5.41, 5.74) is 4.49. The highest BCUT2D eigenvalue weighted by Crippen LogP contribution is 2.26. The van der Waals surface area contributed by atoms with E-state index in [1.54, 1.807) is 11.8 Å². The van der Waals surface area contributed by atoms with Crippen molar-refractivity contribution in [3.63, 3.8) is 0 Å². The summed E-state index contributed by atoms with van der Waals surface area (Å²) in [6.45, 7) is 6.80. The molecule has 3 aromatic rings. The molecule has 2 aromatic carbocycles. The van der Waals surface area contributed by atoms with Crippen LogP contribution in [-0.2, 0) is 0 Å². The van der Waals surface area contributed by atoms with Crippen molar-refractivity contribution < 1.29 is 9.53 Å². The summed E-state index contributed by atoms with van der Waals surface area (Å²) in [6.07, 6.45) is 0. The fourth-order valence-corrected chi connectivity index (χ4v) is 3.99. The van der Waals surface area contributed by atoms with E-state index in [0.717, 1.165) is 40.9 Å². The second-order valence-corrected chi connectivity index (χ2v) is 7.93. The zero-order valence-corrected chi connectivity index (χ0v) is 18.2. The van der Waals surface area contributed by atoms with Crippen molar-refractivity contribution in [3.8, 4) is 11.4 Å². The molecule has 1 aliphatic rings. The summed E-state index contributed by atoms with van der Waals surface area (Å²) in [7, 11) is 1.63. The van der Waals surface area contributed by atoms with Crippen molar-refractivity contribution in [1.82, 2.24) is 14.7 Å². The lowest BCUT2D eigenvalue weighted by Crippen LogP contribution is -2.49. The minimum absolute atomic E-state index is 0.0131. The van der Waals surface area contributed by atoms with E-state index in [-0.39, 0.29) is 5.91 Å². The van der Waals surface area contributed by atoms with Crippen LogP contribution in [0.2, 0.25) is 5.02 Å². The van der Waals surface area contributed by atoms with Gasteiger partial charge in [0.2, 0.25) is 0 Å². The third-order valence-corrected chi connectivity index (χ3v) is 5.66. The molecule has 0 atom stereocenters. The van der Waals surface area contributed by atoms with Gasteiger partial charge in [0.05, 0.1) is 18.5 Å². The number of hydrogen-bond acceptors (Lipinski definition) is 4. The number of hydrogen-bond donors (Lipinski definition) is 0. The number of carbonyl (C=O) groups excluding carboxylic acids is 1. The molecule has 30 heavy (non-hydrogen) atoms. The quantitative estimate of drug-likeness (QED) is 0.632. The molecule has 0 unspecified atom stereocenters. The monoisotopic (exact) mass is 424 g/mol. The molecule has 1 saturated heterocycles. The molecule has 1 aromatic heterocycles. The highest BCUT2D eigenvalue weighted by molar-refractivity contribution is 6.30.